The largest absolute Gasteiger partial charge is 0.0990 e. The molecule has 0 aromatic heterocycles. The predicted molar refractivity (Wildman–Crippen MR) is 87.2 cm³/mol. The van der Waals surface area contributed by atoms with Gasteiger partial charge in [-0.25, -0.2) is 0 Å². The standard InChI is InChI=1S/C16H22Br2/c1-11-9-12(2)16(15(3,4)14(11)18)7-5-13(10-17)6-8-16/h5,7,10-11,14H,2,6,8-9H2,1,3-4H3/b13-10+/t11-,14-,16-/m1/s1. The summed E-state index contributed by atoms with van der Waals surface area (Å²) in [5, 5.41) is 0. The lowest BCUT2D eigenvalue weighted by atomic mass is 9.51. The van der Waals surface area contributed by atoms with E-state index in [0.717, 1.165) is 12.8 Å². The molecule has 0 aliphatic heterocycles. The molecule has 18 heavy (non-hydrogen) atoms. The highest BCUT2D eigenvalue weighted by atomic mass is 79.9. The van der Waals surface area contributed by atoms with E-state index < -0.39 is 0 Å². The highest BCUT2D eigenvalue weighted by molar-refractivity contribution is 9.11. The van der Waals surface area contributed by atoms with E-state index >= 15 is 0 Å². The van der Waals surface area contributed by atoms with Gasteiger partial charge in [-0.1, -0.05) is 76.9 Å². The summed E-state index contributed by atoms with van der Waals surface area (Å²) >= 11 is 7.39. The fourth-order valence-electron chi connectivity index (χ4n) is 3.77. The normalized spacial score (nSPS) is 41.6. The van der Waals surface area contributed by atoms with Crippen LogP contribution in [0.5, 0.6) is 0 Å². The number of allylic oxidation sites excluding steroid dienone is 4. The molecule has 0 heterocycles. The van der Waals surface area contributed by atoms with Gasteiger partial charge >= 0.3 is 0 Å². The molecule has 1 saturated carbocycles. The van der Waals surface area contributed by atoms with E-state index in [2.05, 4.69) is 71.4 Å². The molecule has 0 radical (unpaired) electrons. The van der Waals surface area contributed by atoms with Crippen molar-refractivity contribution in [3.8, 4) is 0 Å². The third-order valence-corrected chi connectivity index (χ3v) is 7.70. The van der Waals surface area contributed by atoms with E-state index in [1.54, 1.807) is 0 Å². The number of hydrogen-bond donors (Lipinski definition) is 0. The van der Waals surface area contributed by atoms with Gasteiger partial charge in [0.05, 0.1) is 0 Å². The van der Waals surface area contributed by atoms with Crippen LogP contribution in [-0.4, -0.2) is 4.83 Å². The molecular formula is C16H22Br2. The molecule has 0 N–H and O–H groups in total. The van der Waals surface area contributed by atoms with Crippen LogP contribution in [0.3, 0.4) is 0 Å². The van der Waals surface area contributed by atoms with E-state index in [1.165, 1.54) is 17.6 Å². The molecule has 2 heteroatoms. The highest BCUT2D eigenvalue weighted by Gasteiger charge is 2.53. The van der Waals surface area contributed by atoms with E-state index in [1.807, 2.05) is 4.99 Å². The van der Waals surface area contributed by atoms with Crippen molar-refractivity contribution in [3.05, 3.63) is 34.9 Å². The topological polar surface area (TPSA) is 0 Å². The van der Waals surface area contributed by atoms with E-state index in [4.69, 9.17) is 0 Å². The molecule has 1 fully saturated rings. The summed E-state index contributed by atoms with van der Waals surface area (Å²) in [6.07, 6.45) is 8.14. The zero-order valence-corrected chi connectivity index (χ0v) is 14.6. The maximum Gasteiger partial charge on any atom is 0.0237 e. The van der Waals surface area contributed by atoms with Gasteiger partial charge in [-0.2, -0.15) is 0 Å². The van der Waals surface area contributed by atoms with E-state index in [0.29, 0.717) is 10.7 Å². The van der Waals surface area contributed by atoms with E-state index in [-0.39, 0.29) is 10.8 Å². The van der Waals surface area contributed by atoms with Crippen molar-refractivity contribution < 1.29 is 0 Å². The molecule has 0 unspecified atom stereocenters. The Bertz CT molecular complexity index is 417. The second kappa shape index (κ2) is 4.94. The maximum absolute atomic E-state index is 4.42. The Hall–Kier alpha value is 0.180. The molecule has 0 nitrogen and oxygen atoms in total. The molecule has 0 aromatic carbocycles. The molecule has 0 aromatic rings. The number of alkyl halides is 1. The third-order valence-electron chi connectivity index (χ3n) is 5.07. The zero-order valence-electron chi connectivity index (χ0n) is 11.5. The average Bonchev–Trinajstić information content (AvgIpc) is 2.35. The third kappa shape index (κ3) is 2.00. The molecule has 0 bridgehead atoms. The van der Waals surface area contributed by atoms with Crippen molar-refractivity contribution in [1.29, 1.82) is 0 Å². The zero-order chi connectivity index (χ0) is 13.6. The number of hydrogen-bond acceptors (Lipinski definition) is 0. The highest BCUT2D eigenvalue weighted by Crippen LogP contribution is 2.61. The first-order valence-corrected chi connectivity index (χ1v) is 8.49. The summed E-state index contributed by atoms with van der Waals surface area (Å²) in [7, 11) is 0. The fraction of sp³-hybridized carbons (Fsp3) is 0.625. The van der Waals surface area contributed by atoms with Gasteiger partial charge in [-0.05, 0) is 41.2 Å². The molecule has 1 spiro atoms. The quantitative estimate of drug-likeness (QED) is 0.361. The first-order valence-electron chi connectivity index (χ1n) is 6.66. The van der Waals surface area contributed by atoms with Crippen molar-refractivity contribution in [2.45, 2.75) is 44.9 Å². The minimum atomic E-state index is 0.160. The smallest absolute Gasteiger partial charge is 0.0237 e. The van der Waals surface area contributed by atoms with Gasteiger partial charge in [0.15, 0.2) is 0 Å². The van der Waals surface area contributed by atoms with Gasteiger partial charge in [0.25, 0.3) is 0 Å². The first-order chi connectivity index (χ1) is 8.35. The minimum Gasteiger partial charge on any atom is -0.0990 e. The predicted octanol–water partition coefficient (Wildman–Crippen LogP) is 5.99. The summed E-state index contributed by atoms with van der Waals surface area (Å²) in [4.78, 5) is 2.60. The van der Waals surface area contributed by atoms with Crippen LogP contribution in [0.25, 0.3) is 0 Å². The van der Waals surface area contributed by atoms with Crippen LogP contribution in [0, 0.1) is 16.7 Å². The Labute approximate surface area is 128 Å². The van der Waals surface area contributed by atoms with Crippen molar-refractivity contribution >= 4 is 31.9 Å². The van der Waals surface area contributed by atoms with Crippen molar-refractivity contribution in [3.63, 3.8) is 0 Å². The van der Waals surface area contributed by atoms with Gasteiger partial charge in [0.1, 0.15) is 0 Å². The van der Waals surface area contributed by atoms with Crippen LogP contribution in [-0.2, 0) is 0 Å². The molecular weight excluding hydrogens is 352 g/mol. The summed E-state index contributed by atoms with van der Waals surface area (Å²) in [6.45, 7) is 11.5. The van der Waals surface area contributed by atoms with Crippen LogP contribution in [0.4, 0.5) is 0 Å². The lowest BCUT2D eigenvalue weighted by molar-refractivity contribution is 0.0901. The summed E-state index contributed by atoms with van der Waals surface area (Å²) in [5.41, 5.74) is 3.18. The Morgan fingerprint density at radius 1 is 1.44 bits per heavy atom. The van der Waals surface area contributed by atoms with Gasteiger partial charge in [-0.3, -0.25) is 0 Å². The summed E-state index contributed by atoms with van der Waals surface area (Å²) in [5.74, 6) is 0.666. The van der Waals surface area contributed by atoms with Crippen LogP contribution >= 0.6 is 31.9 Å². The number of halogens is 2. The lowest BCUT2D eigenvalue weighted by Crippen LogP contribution is -2.50. The second-order valence-corrected chi connectivity index (χ2v) is 7.84. The minimum absolute atomic E-state index is 0.160. The van der Waals surface area contributed by atoms with Crippen molar-refractivity contribution in [2.75, 3.05) is 0 Å². The van der Waals surface area contributed by atoms with Crippen LogP contribution < -0.4 is 0 Å². The molecule has 2 aliphatic rings. The lowest BCUT2D eigenvalue weighted by Gasteiger charge is -2.56. The first kappa shape index (κ1) is 14.6. The molecule has 2 rings (SSSR count). The van der Waals surface area contributed by atoms with Gasteiger partial charge < -0.3 is 0 Å². The molecule has 3 atom stereocenters. The van der Waals surface area contributed by atoms with Crippen molar-refractivity contribution in [2.24, 2.45) is 16.7 Å². The number of rotatable bonds is 0. The molecule has 100 valence electrons. The average molecular weight is 374 g/mol. The Kier molecular flexibility index (Phi) is 4.00. The summed E-state index contributed by atoms with van der Waals surface area (Å²) < 4.78 is 0. The SMILES string of the molecule is C=C1C[C@@H](C)[C@@H](Br)C(C)(C)[C@@]12C=C/C(=C\Br)CC2. The van der Waals surface area contributed by atoms with Gasteiger partial charge in [0, 0.05) is 10.2 Å². The summed E-state index contributed by atoms with van der Waals surface area (Å²) in [6, 6.07) is 0. The van der Waals surface area contributed by atoms with Crippen molar-refractivity contribution in [1.82, 2.24) is 0 Å². The van der Waals surface area contributed by atoms with E-state index in [9.17, 15) is 0 Å². The van der Waals surface area contributed by atoms with Crippen LogP contribution in [0.2, 0.25) is 0 Å². The fourth-order valence-corrected chi connectivity index (χ4v) is 4.74. The Balaban J connectivity index is 2.45. The molecule has 2 aliphatic carbocycles. The van der Waals surface area contributed by atoms with Crippen LogP contribution in [0.15, 0.2) is 34.9 Å². The maximum atomic E-state index is 4.42. The van der Waals surface area contributed by atoms with Gasteiger partial charge in [-0.15, -0.1) is 0 Å². The second-order valence-electron chi connectivity index (χ2n) is 6.40. The Morgan fingerprint density at radius 3 is 2.61 bits per heavy atom. The van der Waals surface area contributed by atoms with Gasteiger partial charge in [0.2, 0.25) is 0 Å². The van der Waals surface area contributed by atoms with Crippen LogP contribution in [0.1, 0.15) is 40.0 Å². The molecule has 0 saturated heterocycles. The molecule has 0 amide bonds. The monoisotopic (exact) mass is 372 g/mol. The Morgan fingerprint density at radius 2 is 2.11 bits per heavy atom.